The van der Waals surface area contributed by atoms with Gasteiger partial charge in [-0.3, -0.25) is 4.98 Å². The van der Waals surface area contributed by atoms with E-state index in [2.05, 4.69) is 4.98 Å². The fourth-order valence-corrected chi connectivity index (χ4v) is 2.11. The third-order valence-corrected chi connectivity index (χ3v) is 3.13. The predicted molar refractivity (Wildman–Crippen MR) is 76.8 cm³/mol. The van der Waals surface area contributed by atoms with Crippen molar-refractivity contribution in [3.63, 3.8) is 0 Å². The zero-order valence-corrected chi connectivity index (χ0v) is 11.9. The Balaban J connectivity index is 2.45. The third-order valence-electron chi connectivity index (χ3n) is 2.82. The number of nitrogens with zero attached hydrogens (tertiary/aromatic N) is 1. The Labute approximate surface area is 122 Å². The fraction of sp³-hybridized carbons (Fsp3) is 0.200. The van der Waals surface area contributed by atoms with E-state index in [0.717, 1.165) is 11.4 Å². The van der Waals surface area contributed by atoms with Gasteiger partial charge in [-0.05, 0) is 37.6 Å². The first-order chi connectivity index (χ1) is 9.52. The molecule has 0 amide bonds. The van der Waals surface area contributed by atoms with Gasteiger partial charge in [-0.15, -0.1) is 0 Å². The van der Waals surface area contributed by atoms with Gasteiger partial charge in [0, 0.05) is 5.69 Å². The average molecular weight is 292 g/mol. The van der Waals surface area contributed by atoms with E-state index < -0.39 is 5.97 Å². The molecule has 0 saturated carbocycles. The Morgan fingerprint density at radius 2 is 2.05 bits per heavy atom. The number of carbonyl (C=O) groups is 1. The molecule has 1 aromatic carbocycles. The normalized spacial score (nSPS) is 10.3. The monoisotopic (exact) mass is 291 g/mol. The molecule has 1 N–H and O–H groups in total. The number of carboxylic acids is 1. The van der Waals surface area contributed by atoms with E-state index in [-0.39, 0.29) is 16.3 Å². The van der Waals surface area contributed by atoms with Crippen molar-refractivity contribution in [1.82, 2.24) is 4.98 Å². The Hall–Kier alpha value is -2.07. The zero-order valence-electron chi connectivity index (χ0n) is 11.2. The van der Waals surface area contributed by atoms with E-state index in [1.165, 1.54) is 6.07 Å². The summed E-state index contributed by atoms with van der Waals surface area (Å²) < 4.78 is 5.70. The summed E-state index contributed by atoms with van der Waals surface area (Å²) in [6.45, 7) is 3.86. The smallest absolute Gasteiger partial charge is 0.341 e. The summed E-state index contributed by atoms with van der Waals surface area (Å²) in [6.07, 6.45) is 0.694. The van der Waals surface area contributed by atoms with Crippen molar-refractivity contribution in [1.29, 1.82) is 0 Å². The van der Waals surface area contributed by atoms with E-state index in [4.69, 9.17) is 16.3 Å². The summed E-state index contributed by atoms with van der Waals surface area (Å²) in [7, 11) is 0. The second-order valence-corrected chi connectivity index (χ2v) is 4.68. The average Bonchev–Trinajstić information content (AvgIpc) is 2.40. The van der Waals surface area contributed by atoms with Gasteiger partial charge in [0.2, 0.25) is 0 Å². The third kappa shape index (κ3) is 2.91. The highest BCUT2D eigenvalue weighted by atomic mass is 35.5. The van der Waals surface area contributed by atoms with Gasteiger partial charge in [-0.25, -0.2) is 4.79 Å². The molecule has 20 heavy (non-hydrogen) atoms. The number of pyridine rings is 1. The van der Waals surface area contributed by atoms with E-state index in [9.17, 15) is 9.90 Å². The van der Waals surface area contributed by atoms with E-state index in [1.807, 2.05) is 19.9 Å². The summed E-state index contributed by atoms with van der Waals surface area (Å²) in [5.41, 5.74) is 1.62. The second-order valence-electron chi connectivity index (χ2n) is 4.27. The Bertz CT molecular complexity index is 656. The molecule has 104 valence electrons. The molecule has 5 heteroatoms. The number of aromatic nitrogens is 1. The van der Waals surface area contributed by atoms with Crippen molar-refractivity contribution in [2.24, 2.45) is 0 Å². The van der Waals surface area contributed by atoms with Crippen molar-refractivity contribution >= 4 is 17.6 Å². The summed E-state index contributed by atoms with van der Waals surface area (Å²) in [4.78, 5) is 15.6. The first kappa shape index (κ1) is 14.3. The molecular formula is C15H14ClNO3. The van der Waals surface area contributed by atoms with Crippen LogP contribution in [0.4, 0.5) is 0 Å². The molecule has 0 fully saturated rings. The first-order valence-electron chi connectivity index (χ1n) is 6.19. The van der Waals surface area contributed by atoms with Crippen LogP contribution in [0.1, 0.15) is 28.7 Å². The zero-order chi connectivity index (χ0) is 14.7. The molecule has 2 rings (SSSR count). The minimum absolute atomic E-state index is 0.0446. The number of hydrogen-bond donors (Lipinski definition) is 1. The van der Waals surface area contributed by atoms with Gasteiger partial charge in [0.05, 0.1) is 10.7 Å². The molecule has 1 heterocycles. The largest absolute Gasteiger partial charge is 0.478 e. The number of aryl methyl sites for hydroxylation is 2. The maximum atomic E-state index is 11.3. The van der Waals surface area contributed by atoms with Crippen molar-refractivity contribution in [2.45, 2.75) is 20.3 Å². The van der Waals surface area contributed by atoms with Crippen molar-refractivity contribution in [3.8, 4) is 11.5 Å². The number of hydrogen-bond acceptors (Lipinski definition) is 3. The first-order valence-corrected chi connectivity index (χ1v) is 6.57. The molecule has 0 unspecified atom stereocenters. The number of carboxylic acid groups (broad SMARTS) is 1. The van der Waals surface area contributed by atoms with Crippen LogP contribution in [-0.2, 0) is 6.42 Å². The van der Waals surface area contributed by atoms with Gasteiger partial charge in [0.15, 0.2) is 0 Å². The molecule has 0 aliphatic heterocycles. The Kier molecular flexibility index (Phi) is 4.25. The summed E-state index contributed by atoms with van der Waals surface area (Å²) in [6, 6.07) is 8.35. The highest BCUT2D eigenvalue weighted by molar-refractivity contribution is 6.33. The molecule has 0 saturated heterocycles. The quantitative estimate of drug-likeness (QED) is 0.921. The lowest BCUT2D eigenvalue weighted by Crippen LogP contribution is -2.03. The van der Waals surface area contributed by atoms with Crippen molar-refractivity contribution < 1.29 is 14.6 Å². The molecule has 0 aliphatic rings. The summed E-state index contributed by atoms with van der Waals surface area (Å²) in [5, 5.41) is 9.36. The lowest BCUT2D eigenvalue weighted by atomic mass is 10.2. The molecule has 2 aromatic rings. The molecule has 0 spiro atoms. The number of halogens is 1. The minimum atomic E-state index is -1.12. The van der Waals surface area contributed by atoms with E-state index >= 15 is 0 Å². The maximum Gasteiger partial charge on any atom is 0.341 e. The van der Waals surface area contributed by atoms with E-state index in [0.29, 0.717) is 12.2 Å². The molecule has 0 atom stereocenters. The SMILES string of the molecule is CCc1nc(C)ccc1Oc1cccc(Cl)c1C(=O)O. The molecule has 1 aromatic heterocycles. The Morgan fingerprint density at radius 1 is 1.30 bits per heavy atom. The van der Waals surface area contributed by atoms with Gasteiger partial charge in [0.1, 0.15) is 17.1 Å². The van der Waals surface area contributed by atoms with Crippen molar-refractivity contribution in [2.75, 3.05) is 0 Å². The van der Waals surface area contributed by atoms with Gasteiger partial charge in [0.25, 0.3) is 0 Å². The van der Waals surface area contributed by atoms with Crippen LogP contribution in [0, 0.1) is 6.92 Å². The van der Waals surface area contributed by atoms with Gasteiger partial charge < -0.3 is 9.84 Å². The molecule has 0 bridgehead atoms. The lowest BCUT2D eigenvalue weighted by molar-refractivity contribution is 0.0694. The van der Waals surface area contributed by atoms with Crippen LogP contribution < -0.4 is 4.74 Å². The van der Waals surface area contributed by atoms with Crippen LogP contribution in [0.2, 0.25) is 5.02 Å². The standard InChI is InChI=1S/C15H14ClNO3/c1-3-11-12(8-7-9(2)17-11)20-13-6-4-5-10(16)14(13)15(18)19/h4-8H,3H2,1-2H3,(H,18,19). The molecule has 0 radical (unpaired) electrons. The number of benzene rings is 1. The number of ether oxygens (including phenoxy) is 1. The lowest BCUT2D eigenvalue weighted by Gasteiger charge is -2.12. The van der Waals surface area contributed by atoms with Crippen LogP contribution in [0.15, 0.2) is 30.3 Å². The highest BCUT2D eigenvalue weighted by Crippen LogP contribution is 2.31. The van der Waals surface area contributed by atoms with Crippen LogP contribution in [0.5, 0.6) is 11.5 Å². The van der Waals surface area contributed by atoms with Crippen LogP contribution >= 0.6 is 11.6 Å². The van der Waals surface area contributed by atoms with Gasteiger partial charge in [-0.1, -0.05) is 24.6 Å². The molecule has 4 nitrogen and oxygen atoms in total. The van der Waals surface area contributed by atoms with Crippen LogP contribution in [0.25, 0.3) is 0 Å². The van der Waals surface area contributed by atoms with Crippen LogP contribution in [-0.4, -0.2) is 16.1 Å². The van der Waals surface area contributed by atoms with E-state index in [1.54, 1.807) is 18.2 Å². The second kappa shape index (κ2) is 5.92. The minimum Gasteiger partial charge on any atom is -0.478 e. The molecular weight excluding hydrogens is 278 g/mol. The predicted octanol–water partition coefficient (Wildman–Crippen LogP) is 4.10. The van der Waals surface area contributed by atoms with Gasteiger partial charge >= 0.3 is 5.97 Å². The topological polar surface area (TPSA) is 59.4 Å². The fourth-order valence-electron chi connectivity index (χ4n) is 1.86. The van der Waals surface area contributed by atoms with Crippen molar-refractivity contribution in [3.05, 3.63) is 52.3 Å². The number of aromatic carboxylic acids is 1. The van der Waals surface area contributed by atoms with Gasteiger partial charge in [-0.2, -0.15) is 0 Å². The maximum absolute atomic E-state index is 11.3. The highest BCUT2D eigenvalue weighted by Gasteiger charge is 2.17. The summed E-state index contributed by atoms with van der Waals surface area (Å²) >= 11 is 5.91. The number of rotatable bonds is 4. The Morgan fingerprint density at radius 3 is 2.70 bits per heavy atom. The van der Waals surface area contributed by atoms with Crippen LogP contribution in [0.3, 0.4) is 0 Å². The summed E-state index contributed by atoms with van der Waals surface area (Å²) in [5.74, 6) is -0.364. The molecule has 0 aliphatic carbocycles.